The van der Waals surface area contributed by atoms with Crippen LogP contribution in [0, 0.1) is 11.8 Å². The Hall–Kier alpha value is -0.860. The van der Waals surface area contributed by atoms with Gasteiger partial charge in [0, 0.05) is 0 Å². The maximum atomic E-state index is 11.4. The van der Waals surface area contributed by atoms with Crippen LogP contribution < -0.4 is 0 Å². The molecule has 0 saturated carbocycles. The average molecular weight is 170 g/mol. The SMILES string of the molecule is CC[C@@H]1OC(=O)[C@H](C)C(=O)[C@@H]1C. The number of carbonyl (C=O) groups excluding carboxylic acids is 2. The molecule has 0 unspecified atom stereocenters. The fourth-order valence-electron chi connectivity index (χ4n) is 1.48. The number of Topliss-reactive ketones (excluding diaryl/α,β-unsaturated/α-hetero) is 1. The molecule has 1 saturated heterocycles. The minimum absolute atomic E-state index is 0.0121. The molecule has 1 heterocycles. The lowest BCUT2D eigenvalue weighted by Crippen LogP contribution is -2.43. The molecular formula is C9H14O3. The lowest BCUT2D eigenvalue weighted by atomic mass is 9.87. The van der Waals surface area contributed by atoms with Gasteiger partial charge < -0.3 is 4.74 Å². The van der Waals surface area contributed by atoms with Crippen molar-refractivity contribution in [3.8, 4) is 0 Å². The van der Waals surface area contributed by atoms with Crippen LogP contribution >= 0.6 is 0 Å². The molecule has 0 spiro atoms. The first kappa shape index (κ1) is 9.23. The number of ether oxygens (including phenoxy) is 1. The van der Waals surface area contributed by atoms with Gasteiger partial charge >= 0.3 is 5.97 Å². The van der Waals surface area contributed by atoms with Crippen molar-refractivity contribution in [2.24, 2.45) is 11.8 Å². The van der Waals surface area contributed by atoms with E-state index < -0.39 is 5.92 Å². The normalized spacial score (nSPS) is 36.4. The summed E-state index contributed by atoms with van der Waals surface area (Å²) in [5.74, 6) is -1.06. The molecule has 0 aromatic heterocycles. The molecule has 1 aliphatic rings. The van der Waals surface area contributed by atoms with Crippen LogP contribution in [0.2, 0.25) is 0 Å². The quantitative estimate of drug-likeness (QED) is 0.438. The van der Waals surface area contributed by atoms with Crippen LogP contribution in [0.1, 0.15) is 27.2 Å². The monoisotopic (exact) mass is 170 g/mol. The van der Waals surface area contributed by atoms with E-state index in [0.29, 0.717) is 6.42 Å². The highest BCUT2D eigenvalue weighted by molar-refractivity contribution is 6.01. The fourth-order valence-corrected chi connectivity index (χ4v) is 1.48. The highest BCUT2D eigenvalue weighted by atomic mass is 16.5. The van der Waals surface area contributed by atoms with E-state index in [1.54, 1.807) is 6.92 Å². The summed E-state index contributed by atoms with van der Waals surface area (Å²) in [6.07, 6.45) is 0.506. The first-order valence-corrected chi connectivity index (χ1v) is 4.32. The van der Waals surface area contributed by atoms with E-state index in [4.69, 9.17) is 4.74 Å². The second kappa shape index (κ2) is 3.25. The number of cyclic esters (lactones) is 1. The van der Waals surface area contributed by atoms with Crippen molar-refractivity contribution in [3.63, 3.8) is 0 Å². The second-order valence-electron chi connectivity index (χ2n) is 3.30. The third-order valence-corrected chi connectivity index (χ3v) is 2.46. The molecule has 68 valence electrons. The number of hydrogen-bond acceptors (Lipinski definition) is 3. The van der Waals surface area contributed by atoms with Crippen molar-refractivity contribution in [3.05, 3.63) is 0 Å². The Morgan fingerprint density at radius 2 is 1.92 bits per heavy atom. The van der Waals surface area contributed by atoms with Gasteiger partial charge in [0.1, 0.15) is 12.0 Å². The molecule has 3 nitrogen and oxygen atoms in total. The topological polar surface area (TPSA) is 43.4 Å². The lowest BCUT2D eigenvalue weighted by molar-refractivity contribution is -0.169. The Balaban J connectivity index is 2.77. The molecule has 0 radical (unpaired) electrons. The summed E-state index contributed by atoms with van der Waals surface area (Å²) in [5.41, 5.74) is 0. The van der Waals surface area contributed by atoms with Crippen LogP contribution in [-0.4, -0.2) is 17.9 Å². The van der Waals surface area contributed by atoms with Gasteiger partial charge in [0.25, 0.3) is 0 Å². The minimum Gasteiger partial charge on any atom is -0.461 e. The third kappa shape index (κ3) is 1.36. The predicted molar refractivity (Wildman–Crippen MR) is 43.5 cm³/mol. The molecule has 1 rings (SSSR count). The summed E-state index contributed by atoms with van der Waals surface area (Å²) in [5, 5.41) is 0. The number of ketones is 1. The van der Waals surface area contributed by atoms with Gasteiger partial charge in [-0.15, -0.1) is 0 Å². The summed E-state index contributed by atoms with van der Waals surface area (Å²) in [6.45, 7) is 5.34. The molecule has 1 fully saturated rings. The lowest BCUT2D eigenvalue weighted by Gasteiger charge is -2.29. The Morgan fingerprint density at radius 3 is 2.42 bits per heavy atom. The maximum Gasteiger partial charge on any atom is 0.316 e. The van der Waals surface area contributed by atoms with E-state index >= 15 is 0 Å². The minimum atomic E-state index is -0.567. The number of rotatable bonds is 1. The van der Waals surface area contributed by atoms with Gasteiger partial charge in [0.15, 0.2) is 5.78 Å². The van der Waals surface area contributed by atoms with Gasteiger partial charge in [0.05, 0.1) is 5.92 Å². The van der Waals surface area contributed by atoms with Crippen LogP contribution in [0.4, 0.5) is 0 Å². The van der Waals surface area contributed by atoms with E-state index in [1.807, 2.05) is 13.8 Å². The van der Waals surface area contributed by atoms with Crippen molar-refractivity contribution >= 4 is 11.8 Å². The Labute approximate surface area is 72.1 Å². The summed E-state index contributed by atoms with van der Waals surface area (Å²) in [4.78, 5) is 22.5. The third-order valence-electron chi connectivity index (χ3n) is 2.46. The summed E-state index contributed by atoms with van der Waals surface area (Å²) in [6, 6.07) is 0. The largest absolute Gasteiger partial charge is 0.461 e. The summed E-state index contributed by atoms with van der Waals surface area (Å²) < 4.78 is 5.07. The Kier molecular flexibility index (Phi) is 2.50. The van der Waals surface area contributed by atoms with E-state index in [-0.39, 0.29) is 23.8 Å². The van der Waals surface area contributed by atoms with E-state index in [0.717, 1.165) is 0 Å². The molecule has 0 amide bonds. The first-order chi connectivity index (χ1) is 5.57. The van der Waals surface area contributed by atoms with E-state index in [9.17, 15) is 9.59 Å². The molecule has 0 bridgehead atoms. The standard InChI is InChI=1S/C9H14O3/c1-4-7-5(2)8(10)6(3)9(11)12-7/h5-7H,4H2,1-3H3/t5-,6-,7+/m1/s1. The van der Waals surface area contributed by atoms with Crippen molar-refractivity contribution in [1.29, 1.82) is 0 Å². The van der Waals surface area contributed by atoms with Crippen molar-refractivity contribution in [2.75, 3.05) is 0 Å². The highest BCUT2D eigenvalue weighted by Crippen LogP contribution is 2.23. The zero-order chi connectivity index (χ0) is 9.30. The molecule has 1 aliphatic heterocycles. The highest BCUT2D eigenvalue weighted by Gasteiger charge is 2.38. The molecule has 3 atom stereocenters. The van der Waals surface area contributed by atoms with Gasteiger partial charge in [0.2, 0.25) is 0 Å². The molecule has 0 aromatic carbocycles. The average Bonchev–Trinajstić information content (AvgIpc) is 2.08. The van der Waals surface area contributed by atoms with E-state index in [1.165, 1.54) is 0 Å². The van der Waals surface area contributed by atoms with Crippen LogP contribution in [0.15, 0.2) is 0 Å². The molecular weight excluding hydrogens is 156 g/mol. The summed E-state index contributed by atoms with van der Waals surface area (Å²) >= 11 is 0. The summed E-state index contributed by atoms with van der Waals surface area (Å²) in [7, 11) is 0. The van der Waals surface area contributed by atoms with Crippen LogP contribution in [0.5, 0.6) is 0 Å². The molecule has 0 aliphatic carbocycles. The number of hydrogen-bond donors (Lipinski definition) is 0. The Bertz CT molecular complexity index is 210. The zero-order valence-electron chi connectivity index (χ0n) is 7.66. The molecule has 12 heavy (non-hydrogen) atoms. The van der Waals surface area contributed by atoms with Gasteiger partial charge in [-0.1, -0.05) is 13.8 Å². The molecule has 0 N–H and O–H groups in total. The van der Waals surface area contributed by atoms with Gasteiger partial charge in [-0.2, -0.15) is 0 Å². The smallest absolute Gasteiger partial charge is 0.316 e. The van der Waals surface area contributed by atoms with Crippen molar-refractivity contribution in [1.82, 2.24) is 0 Å². The predicted octanol–water partition coefficient (Wildman–Crippen LogP) is 1.16. The first-order valence-electron chi connectivity index (χ1n) is 4.32. The second-order valence-corrected chi connectivity index (χ2v) is 3.30. The van der Waals surface area contributed by atoms with Crippen LogP contribution in [-0.2, 0) is 14.3 Å². The number of carbonyl (C=O) groups is 2. The van der Waals surface area contributed by atoms with Gasteiger partial charge in [-0.05, 0) is 13.3 Å². The van der Waals surface area contributed by atoms with Crippen molar-refractivity contribution < 1.29 is 14.3 Å². The fraction of sp³-hybridized carbons (Fsp3) is 0.778. The zero-order valence-corrected chi connectivity index (χ0v) is 7.66. The van der Waals surface area contributed by atoms with Crippen LogP contribution in [0.25, 0.3) is 0 Å². The molecule has 3 heteroatoms. The van der Waals surface area contributed by atoms with Gasteiger partial charge in [-0.25, -0.2) is 0 Å². The van der Waals surface area contributed by atoms with E-state index in [2.05, 4.69) is 0 Å². The number of esters is 1. The molecule has 0 aromatic rings. The van der Waals surface area contributed by atoms with Crippen LogP contribution in [0.3, 0.4) is 0 Å². The maximum absolute atomic E-state index is 11.4. The van der Waals surface area contributed by atoms with Crippen molar-refractivity contribution in [2.45, 2.75) is 33.3 Å². The van der Waals surface area contributed by atoms with Gasteiger partial charge in [-0.3, -0.25) is 9.59 Å². The Morgan fingerprint density at radius 1 is 1.33 bits per heavy atom.